The zero-order valence-electron chi connectivity index (χ0n) is 9.42. The van der Waals surface area contributed by atoms with Gasteiger partial charge in [-0.05, 0) is 32.6 Å². The Kier molecular flexibility index (Phi) is 2.09. The summed E-state index contributed by atoms with van der Waals surface area (Å²) >= 11 is 0. The van der Waals surface area contributed by atoms with Gasteiger partial charge in [-0.2, -0.15) is 5.10 Å². The van der Waals surface area contributed by atoms with Crippen molar-refractivity contribution in [2.75, 3.05) is 0 Å². The standard InChI is InChI=1S/C12H15N3O/c1-8-7-11-13-12(16)9-5-3-2-4-6-10(9)15(11)14-8/h7H,2-6H2,1H3,(H,13,16). The molecule has 0 unspecified atom stereocenters. The summed E-state index contributed by atoms with van der Waals surface area (Å²) in [5, 5.41) is 4.46. The molecular weight excluding hydrogens is 202 g/mol. The smallest absolute Gasteiger partial charge is 0.254 e. The molecule has 0 saturated heterocycles. The van der Waals surface area contributed by atoms with E-state index >= 15 is 0 Å². The van der Waals surface area contributed by atoms with Gasteiger partial charge in [-0.25, -0.2) is 4.52 Å². The molecule has 0 aliphatic heterocycles. The SMILES string of the molecule is Cc1cc2[nH]c(=O)c3c(n2n1)CCCCC3. The van der Waals surface area contributed by atoms with Gasteiger partial charge in [0.15, 0.2) is 0 Å². The molecule has 0 fully saturated rings. The second kappa shape index (κ2) is 3.47. The summed E-state index contributed by atoms with van der Waals surface area (Å²) in [6.07, 6.45) is 5.33. The summed E-state index contributed by atoms with van der Waals surface area (Å²) in [5.41, 5.74) is 3.90. The van der Waals surface area contributed by atoms with E-state index in [1.807, 2.05) is 17.5 Å². The molecule has 1 aliphatic carbocycles. The third-order valence-electron chi connectivity index (χ3n) is 3.29. The predicted molar refractivity (Wildman–Crippen MR) is 61.8 cm³/mol. The van der Waals surface area contributed by atoms with E-state index in [1.165, 1.54) is 6.42 Å². The summed E-state index contributed by atoms with van der Waals surface area (Å²) < 4.78 is 1.91. The number of hydrogen-bond acceptors (Lipinski definition) is 2. The number of fused-ring (bicyclic) bond motifs is 3. The Morgan fingerprint density at radius 1 is 1.31 bits per heavy atom. The average molecular weight is 217 g/mol. The maximum absolute atomic E-state index is 11.9. The number of nitrogens with zero attached hydrogens (tertiary/aromatic N) is 2. The first-order valence-corrected chi connectivity index (χ1v) is 5.86. The van der Waals surface area contributed by atoms with Gasteiger partial charge in [-0.1, -0.05) is 6.42 Å². The van der Waals surface area contributed by atoms with Crippen molar-refractivity contribution in [1.82, 2.24) is 14.6 Å². The summed E-state index contributed by atoms with van der Waals surface area (Å²) in [5.74, 6) is 0. The number of H-pyrrole nitrogens is 1. The minimum Gasteiger partial charge on any atom is -0.307 e. The predicted octanol–water partition coefficient (Wildman–Crippen LogP) is 1.60. The highest BCUT2D eigenvalue weighted by Crippen LogP contribution is 2.18. The van der Waals surface area contributed by atoms with Crippen LogP contribution in [-0.2, 0) is 12.8 Å². The van der Waals surface area contributed by atoms with Crippen LogP contribution in [0.25, 0.3) is 5.65 Å². The first kappa shape index (κ1) is 9.63. The third kappa shape index (κ3) is 1.37. The van der Waals surface area contributed by atoms with E-state index in [4.69, 9.17) is 0 Å². The van der Waals surface area contributed by atoms with Crippen LogP contribution in [0.15, 0.2) is 10.9 Å². The van der Waals surface area contributed by atoms with E-state index < -0.39 is 0 Å². The molecular formula is C12H15N3O. The normalized spacial score (nSPS) is 16.1. The second-order valence-corrected chi connectivity index (χ2v) is 4.52. The van der Waals surface area contributed by atoms with Gasteiger partial charge < -0.3 is 4.98 Å². The van der Waals surface area contributed by atoms with Gasteiger partial charge in [0, 0.05) is 11.6 Å². The van der Waals surface area contributed by atoms with Crippen molar-refractivity contribution in [2.24, 2.45) is 0 Å². The Balaban J connectivity index is 2.36. The highest BCUT2D eigenvalue weighted by molar-refractivity contribution is 5.42. The minimum absolute atomic E-state index is 0.0734. The molecule has 16 heavy (non-hydrogen) atoms. The van der Waals surface area contributed by atoms with E-state index in [9.17, 15) is 4.79 Å². The first-order valence-electron chi connectivity index (χ1n) is 5.86. The topological polar surface area (TPSA) is 50.2 Å². The Bertz CT molecular complexity index is 594. The maximum atomic E-state index is 11.9. The average Bonchev–Trinajstić information content (AvgIpc) is 2.51. The number of aromatic nitrogens is 3. The quantitative estimate of drug-likeness (QED) is 0.681. The molecule has 1 aliphatic rings. The molecule has 3 rings (SSSR count). The van der Waals surface area contributed by atoms with E-state index in [-0.39, 0.29) is 5.56 Å². The van der Waals surface area contributed by atoms with Crippen LogP contribution >= 0.6 is 0 Å². The van der Waals surface area contributed by atoms with Crippen LogP contribution in [0.1, 0.15) is 36.2 Å². The highest BCUT2D eigenvalue weighted by atomic mass is 16.1. The zero-order valence-corrected chi connectivity index (χ0v) is 9.42. The van der Waals surface area contributed by atoms with Gasteiger partial charge in [0.05, 0.1) is 11.4 Å². The Hall–Kier alpha value is -1.58. The molecule has 2 aromatic rings. The van der Waals surface area contributed by atoms with Gasteiger partial charge in [-0.15, -0.1) is 0 Å². The van der Waals surface area contributed by atoms with Crippen LogP contribution < -0.4 is 5.56 Å². The van der Waals surface area contributed by atoms with E-state index in [2.05, 4.69) is 10.1 Å². The number of rotatable bonds is 0. The summed E-state index contributed by atoms with van der Waals surface area (Å²) in [7, 11) is 0. The van der Waals surface area contributed by atoms with Crippen LogP contribution in [0, 0.1) is 6.92 Å². The van der Waals surface area contributed by atoms with Gasteiger partial charge >= 0.3 is 0 Å². The highest BCUT2D eigenvalue weighted by Gasteiger charge is 2.16. The molecule has 0 amide bonds. The van der Waals surface area contributed by atoms with Gasteiger partial charge in [0.1, 0.15) is 5.65 Å². The van der Waals surface area contributed by atoms with Crippen molar-refractivity contribution < 1.29 is 0 Å². The molecule has 0 saturated carbocycles. The molecule has 2 heterocycles. The van der Waals surface area contributed by atoms with Crippen LogP contribution in [-0.4, -0.2) is 14.6 Å². The Morgan fingerprint density at radius 3 is 3.00 bits per heavy atom. The van der Waals surface area contributed by atoms with E-state index in [0.29, 0.717) is 0 Å². The molecule has 1 N–H and O–H groups in total. The van der Waals surface area contributed by atoms with Gasteiger partial charge in [0.25, 0.3) is 5.56 Å². The van der Waals surface area contributed by atoms with Crippen molar-refractivity contribution in [1.29, 1.82) is 0 Å². The molecule has 4 heteroatoms. The van der Waals surface area contributed by atoms with Crippen LogP contribution in [0.5, 0.6) is 0 Å². The monoisotopic (exact) mass is 217 g/mol. The molecule has 0 radical (unpaired) electrons. The van der Waals surface area contributed by atoms with Crippen LogP contribution in [0.3, 0.4) is 0 Å². The minimum atomic E-state index is 0.0734. The lowest BCUT2D eigenvalue weighted by Crippen LogP contribution is -2.19. The molecule has 2 aromatic heterocycles. The number of aromatic amines is 1. The third-order valence-corrected chi connectivity index (χ3v) is 3.29. The summed E-state index contributed by atoms with van der Waals surface area (Å²) in [6, 6.07) is 1.92. The van der Waals surface area contributed by atoms with E-state index in [0.717, 1.165) is 48.3 Å². The van der Waals surface area contributed by atoms with E-state index in [1.54, 1.807) is 0 Å². The molecule has 0 spiro atoms. The second-order valence-electron chi connectivity index (χ2n) is 4.52. The summed E-state index contributed by atoms with van der Waals surface area (Å²) in [6.45, 7) is 1.95. The van der Waals surface area contributed by atoms with Crippen molar-refractivity contribution in [3.05, 3.63) is 33.4 Å². The lowest BCUT2D eigenvalue weighted by molar-refractivity contribution is 0.701. The Morgan fingerprint density at radius 2 is 2.12 bits per heavy atom. The fourth-order valence-electron chi connectivity index (χ4n) is 2.53. The molecule has 84 valence electrons. The molecule has 4 nitrogen and oxygen atoms in total. The molecule has 0 atom stereocenters. The van der Waals surface area contributed by atoms with Crippen molar-refractivity contribution >= 4 is 5.65 Å². The largest absolute Gasteiger partial charge is 0.307 e. The van der Waals surface area contributed by atoms with Crippen molar-refractivity contribution in [2.45, 2.75) is 39.0 Å². The van der Waals surface area contributed by atoms with Gasteiger partial charge in [-0.3, -0.25) is 4.79 Å². The Labute approximate surface area is 93.3 Å². The number of hydrogen-bond donors (Lipinski definition) is 1. The fraction of sp³-hybridized carbons (Fsp3) is 0.500. The fourth-order valence-corrected chi connectivity index (χ4v) is 2.53. The maximum Gasteiger partial charge on any atom is 0.254 e. The van der Waals surface area contributed by atoms with Crippen LogP contribution in [0.2, 0.25) is 0 Å². The van der Waals surface area contributed by atoms with Crippen molar-refractivity contribution in [3.8, 4) is 0 Å². The van der Waals surface area contributed by atoms with Crippen molar-refractivity contribution in [3.63, 3.8) is 0 Å². The number of nitrogens with one attached hydrogen (secondary N) is 1. The summed E-state index contributed by atoms with van der Waals surface area (Å²) in [4.78, 5) is 14.9. The first-order chi connectivity index (χ1) is 7.75. The molecule has 0 bridgehead atoms. The molecule has 0 aromatic carbocycles. The lowest BCUT2D eigenvalue weighted by atomic mass is 10.1. The lowest BCUT2D eigenvalue weighted by Gasteiger charge is -2.06. The zero-order chi connectivity index (χ0) is 11.1. The van der Waals surface area contributed by atoms with Crippen LogP contribution in [0.4, 0.5) is 0 Å². The number of aryl methyl sites for hydroxylation is 2. The van der Waals surface area contributed by atoms with Gasteiger partial charge in [0.2, 0.25) is 0 Å².